The van der Waals surface area contributed by atoms with Crippen molar-refractivity contribution in [1.29, 1.82) is 0 Å². The Kier molecular flexibility index (Phi) is 4.55. The van der Waals surface area contributed by atoms with Crippen LogP contribution >= 0.6 is 12.2 Å². The monoisotopic (exact) mass is 267 g/mol. The van der Waals surface area contributed by atoms with Crippen molar-refractivity contribution in [2.75, 3.05) is 18.0 Å². The Hall–Kier alpha value is -2.22. The molecule has 0 bridgehead atoms. The fourth-order valence-electron chi connectivity index (χ4n) is 1.45. The summed E-state index contributed by atoms with van der Waals surface area (Å²) in [6.45, 7) is -0.353. The molecule has 0 spiro atoms. The molecule has 0 saturated carbocycles. The van der Waals surface area contributed by atoms with Crippen molar-refractivity contribution in [3.63, 3.8) is 0 Å². The van der Waals surface area contributed by atoms with Crippen LogP contribution in [0.25, 0.3) is 0 Å². The number of nitrogens with zero attached hydrogens (tertiary/aromatic N) is 2. The number of amides is 2. The van der Waals surface area contributed by atoms with Crippen molar-refractivity contribution >= 4 is 34.7 Å². The smallest absolute Gasteiger partial charge is 0.236 e. The Bertz CT molecular complexity index is 475. The number of pyridine rings is 1. The highest BCUT2D eigenvalue weighted by Crippen LogP contribution is 2.18. The van der Waals surface area contributed by atoms with Gasteiger partial charge in [0, 0.05) is 11.8 Å². The number of carbonyl (C=O) groups excluding carboxylic acids is 2. The van der Waals surface area contributed by atoms with Crippen LogP contribution in [-0.4, -0.2) is 34.9 Å². The summed E-state index contributed by atoms with van der Waals surface area (Å²) in [5, 5.41) is 0. The molecule has 0 aliphatic rings. The predicted molar refractivity (Wildman–Crippen MR) is 70.7 cm³/mol. The second-order valence-corrected chi connectivity index (χ2v) is 3.99. The molecule has 0 radical (unpaired) electrons. The Morgan fingerprint density at radius 2 is 1.78 bits per heavy atom. The molecule has 8 heteroatoms. The number of hydrogen-bond donors (Lipinski definition) is 3. The van der Waals surface area contributed by atoms with Crippen molar-refractivity contribution in [1.82, 2.24) is 4.98 Å². The first kappa shape index (κ1) is 13.8. The Morgan fingerprint density at radius 1 is 1.22 bits per heavy atom. The third kappa shape index (κ3) is 3.67. The number of hydrogen-bond acceptors (Lipinski definition) is 5. The van der Waals surface area contributed by atoms with Crippen molar-refractivity contribution in [3.8, 4) is 0 Å². The van der Waals surface area contributed by atoms with Gasteiger partial charge in [0.05, 0.1) is 25.0 Å². The van der Waals surface area contributed by atoms with Crippen LogP contribution in [0.3, 0.4) is 0 Å². The molecule has 18 heavy (non-hydrogen) atoms. The maximum atomic E-state index is 11.0. The van der Waals surface area contributed by atoms with Gasteiger partial charge < -0.3 is 22.1 Å². The van der Waals surface area contributed by atoms with Gasteiger partial charge in [0.1, 0.15) is 4.99 Å². The highest BCUT2D eigenvalue weighted by atomic mass is 32.1. The van der Waals surface area contributed by atoms with Crippen LogP contribution in [0.4, 0.5) is 5.69 Å². The van der Waals surface area contributed by atoms with E-state index in [1.165, 1.54) is 17.3 Å². The fourth-order valence-corrected chi connectivity index (χ4v) is 1.62. The van der Waals surface area contributed by atoms with E-state index in [1.54, 1.807) is 6.07 Å². The summed E-state index contributed by atoms with van der Waals surface area (Å²) in [5.41, 5.74) is 16.7. The summed E-state index contributed by atoms with van der Waals surface area (Å²) >= 11 is 4.89. The highest BCUT2D eigenvalue weighted by Gasteiger charge is 2.16. The number of aromatic nitrogens is 1. The lowest BCUT2D eigenvalue weighted by atomic mass is 10.2. The summed E-state index contributed by atoms with van der Waals surface area (Å²) in [6, 6.07) is 1.59. The Morgan fingerprint density at radius 3 is 2.22 bits per heavy atom. The topological polar surface area (TPSA) is 128 Å². The number of anilines is 1. The minimum atomic E-state index is -0.603. The zero-order chi connectivity index (χ0) is 13.7. The number of thiocarbonyl (C=S) groups is 1. The summed E-state index contributed by atoms with van der Waals surface area (Å²) in [7, 11) is 0. The average molecular weight is 267 g/mol. The maximum Gasteiger partial charge on any atom is 0.236 e. The van der Waals surface area contributed by atoms with Crippen LogP contribution in [0.15, 0.2) is 18.5 Å². The van der Waals surface area contributed by atoms with Gasteiger partial charge in [-0.15, -0.1) is 0 Å². The maximum absolute atomic E-state index is 11.0. The number of primary amides is 2. The third-order valence-electron chi connectivity index (χ3n) is 2.10. The second-order valence-electron chi connectivity index (χ2n) is 3.55. The predicted octanol–water partition coefficient (Wildman–Crippen LogP) is -1.51. The summed E-state index contributed by atoms with van der Waals surface area (Å²) < 4.78 is 0. The normalized spacial score (nSPS) is 9.78. The zero-order valence-corrected chi connectivity index (χ0v) is 10.3. The van der Waals surface area contributed by atoms with E-state index in [-0.39, 0.29) is 18.1 Å². The van der Waals surface area contributed by atoms with Gasteiger partial charge in [-0.3, -0.25) is 14.6 Å². The first-order chi connectivity index (χ1) is 8.41. The van der Waals surface area contributed by atoms with E-state index in [4.69, 9.17) is 29.4 Å². The second kappa shape index (κ2) is 5.92. The lowest BCUT2D eigenvalue weighted by Gasteiger charge is -2.23. The standard InChI is InChI=1S/C10H13N5O2S/c11-8(16)4-15(5-9(12)17)7-3-14-2-1-6(7)10(13)18/h1-3H,4-5H2,(H2,11,16)(H2,12,17)(H2,13,18). The van der Waals surface area contributed by atoms with Crippen LogP contribution in [0.1, 0.15) is 5.56 Å². The molecule has 0 aliphatic carbocycles. The van der Waals surface area contributed by atoms with E-state index in [0.717, 1.165) is 0 Å². The molecule has 2 amide bonds. The van der Waals surface area contributed by atoms with Gasteiger partial charge >= 0.3 is 0 Å². The van der Waals surface area contributed by atoms with Gasteiger partial charge in [-0.05, 0) is 6.07 Å². The molecule has 0 aromatic carbocycles. The van der Waals surface area contributed by atoms with Crippen LogP contribution in [0.5, 0.6) is 0 Å². The molecule has 7 nitrogen and oxygen atoms in total. The third-order valence-corrected chi connectivity index (χ3v) is 2.32. The minimum Gasteiger partial charge on any atom is -0.389 e. The molecular weight excluding hydrogens is 254 g/mol. The van der Waals surface area contributed by atoms with Crippen LogP contribution in [0, 0.1) is 0 Å². The molecule has 6 N–H and O–H groups in total. The molecule has 0 atom stereocenters. The van der Waals surface area contributed by atoms with E-state index in [0.29, 0.717) is 11.3 Å². The van der Waals surface area contributed by atoms with Gasteiger partial charge in [0.15, 0.2) is 0 Å². The van der Waals surface area contributed by atoms with E-state index in [1.807, 2.05) is 0 Å². The molecule has 96 valence electrons. The lowest BCUT2D eigenvalue weighted by Crippen LogP contribution is -2.40. The molecule has 1 aromatic heterocycles. The fraction of sp³-hybridized carbons (Fsp3) is 0.200. The van der Waals surface area contributed by atoms with E-state index >= 15 is 0 Å². The SMILES string of the molecule is NC(=O)CN(CC(N)=O)c1cnccc1C(N)=S. The van der Waals surface area contributed by atoms with Gasteiger partial charge in [-0.2, -0.15) is 0 Å². The molecule has 0 aliphatic heterocycles. The number of rotatable bonds is 6. The molecule has 1 heterocycles. The molecule has 0 fully saturated rings. The Labute approximate surface area is 109 Å². The first-order valence-electron chi connectivity index (χ1n) is 4.97. The first-order valence-corrected chi connectivity index (χ1v) is 5.38. The number of nitrogens with two attached hydrogens (primary N) is 3. The van der Waals surface area contributed by atoms with Gasteiger partial charge in [0.25, 0.3) is 0 Å². The summed E-state index contributed by atoms with van der Waals surface area (Å²) in [6.07, 6.45) is 2.95. The largest absolute Gasteiger partial charge is 0.389 e. The van der Waals surface area contributed by atoms with Gasteiger partial charge in [-0.1, -0.05) is 12.2 Å². The van der Waals surface area contributed by atoms with Crippen molar-refractivity contribution in [2.45, 2.75) is 0 Å². The Balaban J connectivity index is 3.15. The van der Waals surface area contributed by atoms with Crippen molar-refractivity contribution in [3.05, 3.63) is 24.0 Å². The van der Waals surface area contributed by atoms with Crippen LogP contribution < -0.4 is 22.1 Å². The van der Waals surface area contributed by atoms with E-state index in [9.17, 15) is 9.59 Å². The molecule has 0 unspecified atom stereocenters. The van der Waals surface area contributed by atoms with E-state index in [2.05, 4.69) is 4.98 Å². The molecule has 1 aromatic rings. The van der Waals surface area contributed by atoms with E-state index < -0.39 is 11.8 Å². The van der Waals surface area contributed by atoms with Crippen molar-refractivity contribution in [2.24, 2.45) is 17.2 Å². The highest BCUT2D eigenvalue weighted by molar-refractivity contribution is 7.80. The summed E-state index contributed by atoms with van der Waals surface area (Å²) in [5.74, 6) is -1.21. The lowest BCUT2D eigenvalue weighted by molar-refractivity contribution is -0.117. The molecule has 1 rings (SSSR count). The minimum absolute atomic E-state index is 0.131. The van der Waals surface area contributed by atoms with Gasteiger partial charge in [0.2, 0.25) is 11.8 Å². The number of carbonyl (C=O) groups is 2. The zero-order valence-electron chi connectivity index (χ0n) is 9.50. The van der Waals surface area contributed by atoms with Crippen LogP contribution in [0.2, 0.25) is 0 Å². The quantitative estimate of drug-likeness (QED) is 0.538. The molecule has 0 saturated heterocycles. The molecular formula is C10H13N5O2S. The summed E-state index contributed by atoms with van der Waals surface area (Å²) in [4.78, 5) is 27.4. The average Bonchev–Trinajstić information content (AvgIpc) is 2.26. The van der Waals surface area contributed by atoms with Crippen LogP contribution in [-0.2, 0) is 9.59 Å². The van der Waals surface area contributed by atoms with Crippen molar-refractivity contribution < 1.29 is 9.59 Å². The van der Waals surface area contributed by atoms with Gasteiger partial charge in [-0.25, -0.2) is 0 Å².